The van der Waals surface area contributed by atoms with E-state index in [0.29, 0.717) is 0 Å². The predicted molar refractivity (Wildman–Crippen MR) is 245 cm³/mol. The molecule has 9 aromatic carbocycles. The van der Waals surface area contributed by atoms with Crippen LogP contribution in [0.3, 0.4) is 0 Å². The van der Waals surface area contributed by atoms with E-state index in [1.54, 1.807) is 0 Å². The van der Waals surface area contributed by atoms with Gasteiger partial charge in [0.2, 0.25) is 0 Å². The second kappa shape index (κ2) is 13.8. The van der Waals surface area contributed by atoms with Crippen LogP contribution in [0.4, 0.5) is 17.1 Å². The summed E-state index contributed by atoms with van der Waals surface area (Å²) in [6.07, 6.45) is 0. The maximum absolute atomic E-state index is 2.47. The Morgan fingerprint density at radius 1 is 0.351 bits per heavy atom. The van der Waals surface area contributed by atoms with Gasteiger partial charge in [-0.05, 0) is 82.9 Å². The summed E-state index contributed by atoms with van der Waals surface area (Å²) in [5.74, 6) is 0. The van der Waals surface area contributed by atoms with Crippen molar-refractivity contribution in [1.82, 2.24) is 4.57 Å². The van der Waals surface area contributed by atoms with E-state index in [-0.39, 0.29) is 0 Å². The van der Waals surface area contributed by atoms with E-state index in [1.807, 2.05) is 11.3 Å². The third kappa shape index (κ3) is 5.63. The van der Waals surface area contributed by atoms with Crippen LogP contribution in [-0.2, 0) is 0 Å². The number of benzene rings is 9. The van der Waals surface area contributed by atoms with E-state index in [2.05, 4.69) is 228 Å². The molecule has 0 aliphatic heterocycles. The maximum atomic E-state index is 2.47. The van der Waals surface area contributed by atoms with Gasteiger partial charge in [-0.15, -0.1) is 11.3 Å². The van der Waals surface area contributed by atoms with Crippen LogP contribution in [0.2, 0.25) is 0 Å². The third-order valence-electron chi connectivity index (χ3n) is 11.2. The predicted octanol–water partition coefficient (Wildman–Crippen LogP) is 15.6. The highest BCUT2D eigenvalue weighted by atomic mass is 32.1. The van der Waals surface area contributed by atoms with Crippen LogP contribution in [0.15, 0.2) is 218 Å². The van der Waals surface area contributed by atoms with Crippen molar-refractivity contribution >= 4 is 70.4 Å². The fourth-order valence-corrected chi connectivity index (χ4v) is 9.80. The van der Waals surface area contributed by atoms with Gasteiger partial charge in [0.25, 0.3) is 0 Å². The van der Waals surface area contributed by atoms with Crippen molar-refractivity contribution in [2.75, 3.05) is 4.90 Å². The highest BCUT2D eigenvalue weighted by Gasteiger charge is 2.22. The van der Waals surface area contributed by atoms with Crippen LogP contribution in [-0.4, -0.2) is 4.57 Å². The minimum atomic E-state index is 1.10. The number of anilines is 3. The van der Waals surface area contributed by atoms with Gasteiger partial charge in [-0.25, -0.2) is 0 Å². The molecule has 0 atom stereocenters. The molecule has 0 fully saturated rings. The zero-order valence-electron chi connectivity index (χ0n) is 31.1. The lowest BCUT2D eigenvalue weighted by Gasteiger charge is -2.30. The second-order valence-electron chi connectivity index (χ2n) is 14.5. The van der Waals surface area contributed by atoms with Gasteiger partial charge in [0.1, 0.15) is 0 Å². The molecule has 2 aromatic heterocycles. The first-order valence-electron chi connectivity index (χ1n) is 19.4. The van der Waals surface area contributed by atoms with Crippen molar-refractivity contribution < 1.29 is 0 Å². The van der Waals surface area contributed by atoms with Crippen LogP contribution >= 0.6 is 11.3 Å². The van der Waals surface area contributed by atoms with Crippen molar-refractivity contribution in [1.29, 1.82) is 0 Å². The zero-order chi connectivity index (χ0) is 37.7. The molecule has 2 heterocycles. The molecule has 11 rings (SSSR count). The first-order valence-corrected chi connectivity index (χ1v) is 20.3. The topological polar surface area (TPSA) is 8.17 Å². The quantitative estimate of drug-likeness (QED) is 0.158. The Bertz CT molecular complexity index is 3230. The maximum Gasteiger partial charge on any atom is 0.0640 e. The van der Waals surface area contributed by atoms with E-state index in [4.69, 9.17) is 0 Å². The lowest BCUT2D eigenvalue weighted by atomic mass is 9.95. The Hall–Kier alpha value is -7.20. The highest BCUT2D eigenvalue weighted by molar-refractivity contribution is 7.26. The number of fused-ring (bicyclic) bond motifs is 6. The van der Waals surface area contributed by atoms with Crippen LogP contribution in [0.25, 0.3) is 81.0 Å². The summed E-state index contributed by atoms with van der Waals surface area (Å²) >= 11 is 1.88. The first kappa shape index (κ1) is 33.2. The van der Waals surface area contributed by atoms with Gasteiger partial charge in [-0.1, -0.05) is 158 Å². The molecule has 0 aliphatic rings. The molecule has 0 spiro atoms. The summed E-state index contributed by atoms with van der Waals surface area (Å²) in [5.41, 5.74) is 14.0. The normalized spacial score (nSPS) is 11.5. The molecular weight excluding hydrogens is 709 g/mol. The van der Waals surface area contributed by atoms with E-state index in [0.717, 1.165) is 22.6 Å². The number of hydrogen-bond donors (Lipinski definition) is 0. The fourth-order valence-electron chi connectivity index (χ4n) is 8.60. The minimum Gasteiger partial charge on any atom is -0.309 e. The average Bonchev–Trinajstić information content (AvgIpc) is 3.83. The number of hydrogen-bond acceptors (Lipinski definition) is 2. The van der Waals surface area contributed by atoms with Crippen LogP contribution in [0, 0.1) is 0 Å². The summed E-state index contributed by atoms with van der Waals surface area (Å²) < 4.78 is 5.09. The fraction of sp³-hybridized carbons (Fsp3) is 0. The molecule has 2 nitrogen and oxygen atoms in total. The molecule has 57 heavy (non-hydrogen) atoms. The number of nitrogens with zero attached hydrogens (tertiary/aromatic N) is 2. The monoisotopic (exact) mass is 744 g/mol. The number of thiophene rings is 1. The number of rotatable bonds is 7. The van der Waals surface area contributed by atoms with Gasteiger partial charge in [-0.3, -0.25) is 0 Å². The summed E-state index contributed by atoms with van der Waals surface area (Å²) in [6.45, 7) is 0. The van der Waals surface area contributed by atoms with Crippen LogP contribution in [0.5, 0.6) is 0 Å². The van der Waals surface area contributed by atoms with E-state index in [1.165, 1.54) is 75.5 Å². The molecule has 268 valence electrons. The van der Waals surface area contributed by atoms with E-state index < -0.39 is 0 Å². The molecule has 0 bridgehead atoms. The van der Waals surface area contributed by atoms with E-state index >= 15 is 0 Å². The molecule has 0 aliphatic carbocycles. The standard InChI is InChI=1S/C54H36N2S/c1-4-17-37(18-5-1)39-31-33-50(46(35-39)38-19-6-2-7-20-38)55(41-21-8-3-9-22-41)48-27-13-10-23-42(48)40-32-34-51-47(36-40)43-24-11-14-28-49(43)56(51)52-29-16-26-45-44-25-12-15-30-53(44)57-54(45)52/h1-36H. The van der Waals surface area contributed by atoms with Gasteiger partial charge in [0.15, 0.2) is 0 Å². The summed E-state index contributed by atoms with van der Waals surface area (Å²) in [5, 5.41) is 5.09. The lowest BCUT2D eigenvalue weighted by Crippen LogP contribution is -2.12. The summed E-state index contributed by atoms with van der Waals surface area (Å²) in [6, 6.07) is 79.3. The minimum absolute atomic E-state index is 1.10. The molecule has 0 radical (unpaired) electrons. The Kier molecular flexibility index (Phi) is 8.04. The number of aromatic nitrogens is 1. The molecule has 0 saturated heterocycles. The lowest BCUT2D eigenvalue weighted by molar-refractivity contribution is 1.20. The number of para-hydroxylation sites is 3. The van der Waals surface area contributed by atoms with Gasteiger partial charge < -0.3 is 9.47 Å². The second-order valence-corrected chi connectivity index (χ2v) is 15.5. The molecule has 11 aromatic rings. The van der Waals surface area contributed by atoms with Crippen molar-refractivity contribution in [3.8, 4) is 39.1 Å². The molecule has 0 amide bonds. The Labute approximate surface area is 335 Å². The SMILES string of the molecule is c1ccc(-c2ccc(N(c3ccccc3)c3ccccc3-c3ccc4c(c3)c3ccccc3n4-c3cccc4c3sc3ccccc34)c(-c3ccccc3)c2)cc1. The molecule has 0 unspecified atom stereocenters. The van der Waals surface area contributed by atoms with Crippen molar-refractivity contribution in [3.05, 3.63) is 218 Å². The molecular formula is C54H36N2S. The zero-order valence-corrected chi connectivity index (χ0v) is 31.9. The van der Waals surface area contributed by atoms with E-state index in [9.17, 15) is 0 Å². The third-order valence-corrected chi connectivity index (χ3v) is 12.4. The Morgan fingerprint density at radius 3 is 1.79 bits per heavy atom. The van der Waals surface area contributed by atoms with Crippen LogP contribution in [0.1, 0.15) is 0 Å². The van der Waals surface area contributed by atoms with Crippen molar-refractivity contribution in [2.24, 2.45) is 0 Å². The van der Waals surface area contributed by atoms with Gasteiger partial charge in [0.05, 0.1) is 32.8 Å². The molecule has 0 saturated carbocycles. The van der Waals surface area contributed by atoms with Crippen LogP contribution < -0.4 is 4.90 Å². The summed E-state index contributed by atoms with van der Waals surface area (Å²) in [7, 11) is 0. The summed E-state index contributed by atoms with van der Waals surface area (Å²) in [4.78, 5) is 2.43. The largest absolute Gasteiger partial charge is 0.309 e. The van der Waals surface area contributed by atoms with Gasteiger partial charge in [-0.2, -0.15) is 0 Å². The van der Waals surface area contributed by atoms with Gasteiger partial charge in [0, 0.05) is 43.1 Å². The molecule has 0 N–H and O–H groups in total. The molecule has 3 heteroatoms. The average molecular weight is 745 g/mol. The Balaban J connectivity index is 1.12. The van der Waals surface area contributed by atoms with Crippen molar-refractivity contribution in [2.45, 2.75) is 0 Å². The van der Waals surface area contributed by atoms with Crippen molar-refractivity contribution in [3.63, 3.8) is 0 Å². The Morgan fingerprint density at radius 2 is 0.965 bits per heavy atom. The first-order chi connectivity index (χ1) is 28.3. The smallest absolute Gasteiger partial charge is 0.0640 e. The van der Waals surface area contributed by atoms with Gasteiger partial charge >= 0.3 is 0 Å². The highest BCUT2D eigenvalue weighted by Crippen LogP contribution is 2.47.